The molecular weight excluding hydrogens is 260 g/mol. The molecule has 0 heterocycles. The predicted octanol–water partition coefficient (Wildman–Crippen LogP) is 4.00. The molecule has 0 aliphatic heterocycles. The Morgan fingerprint density at radius 1 is 1.00 bits per heavy atom. The zero-order chi connectivity index (χ0) is 14.7. The normalized spacial score (nSPS) is 10.7. The number of unbranched alkanes of at least 4 members (excludes halogenated alkanes) is 1. The molecular formula is C14H14N2O4. The molecule has 0 saturated carbocycles. The predicted molar refractivity (Wildman–Crippen MR) is 75.9 cm³/mol. The molecule has 0 radical (unpaired) electrons. The van der Waals surface area contributed by atoms with Crippen molar-refractivity contribution in [2.24, 2.45) is 0 Å². The van der Waals surface area contributed by atoms with Crippen LogP contribution in [0.1, 0.15) is 25.3 Å². The van der Waals surface area contributed by atoms with Crippen LogP contribution in [-0.2, 0) is 6.42 Å². The molecule has 0 aromatic heterocycles. The largest absolute Gasteiger partial charge is 0.284 e. The lowest BCUT2D eigenvalue weighted by molar-refractivity contribution is -0.393. The minimum absolute atomic E-state index is 0.163. The van der Waals surface area contributed by atoms with Gasteiger partial charge in [-0.2, -0.15) is 0 Å². The average molecular weight is 274 g/mol. The topological polar surface area (TPSA) is 86.3 Å². The Morgan fingerprint density at radius 2 is 1.60 bits per heavy atom. The van der Waals surface area contributed by atoms with Crippen LogP contribution in [0.3, 0.4) is 0 Å². The van der Waals surface area contributed by atoms with Gasteiger partial charge in [0, 0.05) is 5.56 Å². The molecule has 20 heavy (non-hydrogen) atoms. The summed E-state index contributed by atoms with van der Waals surface area (Å²) >= 11 is 0. The maximum atomic E-state index is 11.2. The van der Waals surface area contributed by atoms with Gasteiger partial charge in [-0.1, -0.05) is 31.5 Å². The second-order valence-corrected chi connectivity index (χ2v) is 4.56. The van der Waals surface area contributed by atoms with Crippen LogP contribution in [0.4, 0.5) is 11.4 Å². The first-order valence-corrected chi connectivity index (χ1v) is 6.39. The first-order chi connectivity index (χ1) is 9.56. The second-order valence-electron chi connectivity index (χ2n) is 4.56. The summed E-state index contributed by atoms with van der Waals surface area (Å²) in [6.45, 7) is 2.00. The van der Waals surface area contributed by atoms with Crippen molar-refractivity contribution in [1.82, 2.24) is 0 Å². The van der Waals surface area contributed by atoms with E-state index in [9.17, 15) is 20.2 Å². The molecule has 0 saturated heterocycles. The number of nitro groups is 2. The Labute approximate surface area is 115 Å². The summed E-state index contributed by atoms with van der Waals surface area (Å²) in [6, 6.07) is 7.86. The molecule has 6 nitrogen and oxygen atoms in total. The van der Waals surface area contributed by atoms with E-state index in [0.29, 0.717) is 22.8 Å². The summed E-state index contributed by atoms with van der Waals surface area (Å²) in [6.07, 6.45) is 2.26. The third-order valence-corrected chi connectivity index (χ3v) is 3.28. The Morgan fingerprint density at radius 3 is 2.15 bits per heavy atom. The van der Waals surface area contributed by atoms with Crippen LogP contribution >= 0.6 is 0 Å². The molecule has 2 rings (SSSR count). The highest BCUT2D eigenvalue weighted by molar-refractivity contribution is 5.96. The fraction of sp³-hybridized carbons (Fsp3) is 0.286. The molecule has 0 aliphatic carbocycles. The lowest BCUT2D eigenvalue weighted by Crippen LogP contribution is -2.00. The van der Waals surface area contributed by atoms with Crippen molar-refractivity contribution < 1.29 is 9.85 Å². The number of non-ortho nitro benzene ring substituents is 1. The minimum Gasteiger partial charge on any atom is -0.258 e. The third-order valence-electron chi connectivity index (χ3n) is 3.28. The number of rotatable bonds is 5. The molecule has 104 valence electrons. The van der Waals surface area contributed by atoms with Crippen LogP contribution in [0.15, 0.2) is 30.3 Å². The highest BCUT2D eigenvalue weighted by Crippen LogP contribution is 2.36. The van der Waals surface area contributed by atoms with Gasteiger partial charge in [-0.05, 0) is 24.3 Å². The van der Waals surface area contributed by atoms with Crippen LogP contribution in [0.25, 0.3) is 10.8 Å². The smallest absolute Gasteiger partial charge is 0.258 e. The van der Waals surface area contributed by atoms with E-state index >= 15 is 0 Å². The molecule has 6 heteroatoms. The number of hydrogen-bond donors (Lipinski definition) is 0. The Kier molecular flexibility index (Phi) is 3.93. The van der Waals surface area contributed by atoms with E-state index in [1.54, 1.807) is 24.3 Å². The van der Waals surface area contributed by atoms with Crippen molar-refractivity contribution in [1.29, 1.82) is 0 Å². The SMILES string of the molecule is CCCCc1c([N+](=O)[O-])cc([N+](=O)[O-])c2ccccc12. The lowest BCUT2D eigenvalue weighted by atomic mass is 9.97. The van der Waals surface area contributed by atoms with Crippen molar-refractivity contribution in [3.63, 3.8) is 0 Å². The number of nitrogens with zero attached hydrogens (tertiary/aromatic N) is 2. The second kappa shape index (κ2) is 5.64. The Hall–Kier alpha value is -2.50. The van der Waals surface area contributed by atoms with Gasteiger partial charge in [-0.15, -0.1) is 0 Å². The Balaban J connectivity index is 2.80. The summed E-state index contributed by atoms with van der Waals surface area (Å²) in [5.41, 5.74) is 0.203. The van der Waals surface area contributed by atoms with Gasteiger partial charge in [0.1, 0.15) is 0 Å². The lowest BCUT2D eigenvalue weighted by Gasteiger charge is -2.08. The maximum Gasteiger partial charge on any atom is 0.284 e. The highest BCUT2D eigenvalue weighted by atomic mass is 16.6. The minimum atomic E-state index is -0.571. The molecule has 0 unspecified atom stereocenters. The number of nitro benzene ring substituents is 2. The van der Waals surface area contributed by atoms with Crippen molar-refractivity contribution in [3.8, 4) is 0 Å². The summed E-state index contributed by atoms with van der Waals surface area (Å²) in [7, 11) is 0. The molecule has 0 N–H and O–H groups in total. The van der Waals surface area contributed by atoms with Gasteiger partial charge in [-0.25, -0.2) is 0 Å². The van der Waals surface area contributed by atoms with Gasteiger partial charge in [0.25, 0.3) is 11.4 Å². The van der Waals surface area contributed by atoms with E-state index in [0.717, 1.165) is 18.9 Å². The van der Waals surface area contributed by atoms with Crippen LogP contribution in [0, 0.1) is 20.2 Å². The summed E-state index contributed by atoms with van der Waals surface area (Å²) in [4.78, 5) is 21.2. The summed E-state index contributed by atoms with van der Waals surface area (Å²) < 4.78 is 0. The van der Waals surface area contributed by atoms with Crippen LogP contribution in [0.2, 0.25) is 0 Å². The standard InChI is InChI=1S/C14H14N2O4/c1-2-3-6-11-10-7-4-5-8-12(10)14(16(19)20)9-13(11)15(17)18/h4-5,7-9H,2-3,6H2,1H3. The first kappa shape index (κ1) is 13.9. The van der Waals surface area contributed by atoms with E-state index in [1.165, 1.54) is 0 Å². The van der Waals surface area contributed by atoms with Crippen LogP contribution in [-0.4, -0.2) is 9.85 Å². The summed E-state index contributed by atoms with van der Waals surface area (Å²) in [5.74, 6) is 0. The van der Waals surface area contributed by atoms with Crippen molar-refractivity contribution in [2.45, 2.75) is 26.2 Å². The molecule has 0 amide bonds. The van der Waals surface area contributed by atoms with Gasteiger partial charge >= 0.3 is 0 Å². The van der Waals surface area contributed by atoms with Gasteiger partial charge < -0.3 is 0 Å². The number of aryl methyl sites for hydroxylation is 1. The van der Waals surface area contributed by atoms with Crippen molar-refractivity contribution in [3.05, 3.63) is 56.1 Å². The number of fused-ring (bicyclic) bond motifs is 1. The molecule has 0 aliphatic rings. The van der Waals surface area contributed by atoms with Crippen molar-refractivity contribution >= 4 is 22.1 Å². The fourth-order valence-corrected chi connectivity index (χ4v) is 2.33. The van der Waals surface area contributed by atoms with E-state index in [1.807, 2.05) is 6.92 Å². The number of benzene rings is 2. The number of hydrogen-bond acceptors (Lipinski definition) is 4. The average Bonchev–Trinajstić information content (AvgIpc) is 2.43. The summed E-state index contributed by atoms with van der Waals surface area (Å²) in [5, 5.41) is 23.3. The maximum absolute atomic E-state index is 11.2. The molecule has 0 fully saturated rings. The highest BCUT2D eigenvalue weighted by Gasteiger charge is 2.24. The van der Waals surface area contributed by atoms with Gasteiger partial charge in [0.15, 0.2) is 0 Å². The zero-order valence-electron chi connectivity index (χ0n) is 11.0. The first-order valence-electron chi connectivity index (χ1n) is 6.39. The van der Waals surface area contributed by atoms with E-state index in [2.05, 4.69) is 0 Å². The van der Waals surface area contributed by atoms with Gasteiger partial charge in [0.05, 0.1) is 21.3 Å². The Bertz CT molecular complexity index is 682. The zero-order valence-corrected chi connectivity index (χ0v) is 11.0. The van der Waals surface area contributed by atoms with Crippen molar-refractivity contribution in [2.75, 3.05) is 0 Å². The van der Waals surface area contributed by atoms with Crippen LogP contribution < -0.4 is 0 Å². The third kappa shape index (κ3) is 2.45. The molecule has 0 atom stereocenters. The fourth-order valence-electron chi connectivity index (χ4n) is 2.33. The van der Waals surface area contributed by atoms with E-state index < -0.39 is 9.85 Å². The molecule has 2 aromatic rings. The van der Waals surface area contributed by atoms with Crippen LogP contribution in [0.5, 0.6) is 0 Å². The molecule has 0 bridgehead atoms. The van der Waals surface area contributed by atoms with Gasteiger partial charge in [-0.3, -0.25) is 20.2 Å². The van der Waals surface area contributed by atoms with E-state index in [4.69, 9.17) is 0 Å². The molecule has 2 aromatic carbocycles. The molecule has 0 spiro atoms. The van der Waals surface area contributed by atoms with E-state index in [-0.39, 0.29) is 11.4 Å². The quantitative estimate of drug-likeness (QED) is 0.609. The monoisotopic (exact) mass is 274 g/mol. The van der Waals surface area contributed by atoms with Gasteiger partial charge in [0.2, 0.25) is 0 Å².